The van der Waals surface area contributed by atoms with Gasteiger partial charge in [0.2, 0.25) is 0 Å². The van der Waals surface area contributed by atoms with Gasteiger partial charge in [0.05, 0.1) is 6.67 Å². The van der Waals surface area contributed by atoms with Gasteiger partial charge in [-0.15, -0.1) is 0 Å². The van der Waals surface area contributed by atoms with E-state index in [1.54, 1.807) is 0 Å². The van der Waals surface area contributed by atoms with E-state index in [-0.39, 0.29) is 6.67 Å². The van der Waals surface area contributed by atoms with Crippen LogP contribution in [0.2, 0.25) is 0 Å². The van der Waals surface area contributed by atoms with Crippen LogP contribution >= 0.6 is 0 Å². The zero-order valence-corrected chi connectivity index (χ0v) is 7.86. The maximum atomic E-state index is 10.2. The van der Waals surface area contributed by atoms with Gasteiger partial charge in [-0.05, 0) is 0 Å². The van der Waals surface area contributed by atoms with Crippen LogP contribution in [0.25, 0.3) is 0 Å². The lowest BCUT2D eigenvalue weighted by Gasteiger charge is -2.12. The van der Waals surface area contributed by atoms with Gasteiger partial charge in [-0.1, -0.05) is 0 Å². The maximum absolute atomic E-state index is 10.2. The summed E-state index contributed by atoms with van der Waals surface area (Å²) in [5, 5.41) is 6.64. The van der Waals surface area contributed by atoms with Crippen molar-refractivity contribution in [3.8, 4) is 0 Å². The van der Waals surface area contributed by atoms with Crippen LogP contribution in [0.3, 0.4) is 0 Å². The molecular weight excluding hydrogens is 220 g/mol. The second-order valence-electron chi connectivity index (χ2n) is 2.48. The fourth-order valence-electron chi connectivity index (χ4n) is 0.711. The van der Waals surface area contributed by atoms with Crippen LogP contribution in [0.1, 0.15) is 0 Å². The van der Waals surface area contributed by atoms with Gasteiger partial charge in [0.25, 0.3) is 0 Å². The molecule has 2 heterocycles. The van der Waals surface area contributed by atoms with Crippen LogP contribution < -0.4 is 27.3 Å². The number of imide groups is 1. The quantitative estimate of drug-likeness (QED) is 0.330. The molecule has 4 amide bonds. The lowest BCUT2D eigenvalue weighted by atomic mass is 10.7. The molecule has 1 saturated heterocycles. The van der Waals surface area contributed by atoms with Gasteiger partial charge in [-0.25, -0.2) is 19.2 Å². The molecule has 1 aliphatic heterocycles. The van der Waals surface area contributed by atoms with Gasteiger partial charge in [-0.3, -0.25) is 15.3 Å². The van der Waals surface area contributed by atoms with Crippen LogP contribution in [0, 0.1) is 0 Å². The molecule has 1 aromatic rings. The molecule has 10 heteroatoms. The van der Waals surface area contributed by atoms with E-state index in [4.69, 9.17) is 0 Å². The first kappa shape index (κ1) is 11.4. The van der Waals surface area contributed by atoms with Crippen molar-refractivity contribution in [2.45, 2.75) is 0 Å². The molecule has 16 heavy (non-hydrogen) atoms. The largest absolute Gasteiger partial charge is 0.350 e. The van der Waals surface area contributed by atoms with E-state index in [0.717, 1.165) is 6.33 Å². The summed E-state index contributed by atoms with van der Waals surface area (Å²) >= 11 is 0. The first-order chi connectivity index (χ1) is 7.58. The van der Waals surface area contributed by atoms with Crippen molar-refractivity contribution in [1.82, 2.24) is 30.9 Å². The van der Waals surface area contributed by atoms with Gasteiger partial charge in [0.15, 0.2) is 0 Å². The van der Waals surface area contributed by atoms with Crippen molar-refractivity contribution in [2.24, 2.45) is 0 Å². The fraction of sp³-hybridized carbons (Fsp3) is 0.167. The van der Waals surface area contributed by atoms with E-state index in [1.165, 1.54) is 0 Å². The molecule has 0 unspecified atom stereocenters. The number of carbonyl (C=O) groups is 2. The summed E-state index contributed by atoms with van der Waals surface area (Å²) < 4.78 is 0. The lowest BCUT2D eigenvalue weighted by Crippen LogP contribution is -2.55. The minimum Gasteiger partial charge on any atom is -0.320 e. The lowest BCUT2D eigenvalue weighted by molar-refractivity contribution is 0.219. The van der Waals surface area contributed by atoms with Crippen molar-refractivity contribution in [3.63, 3.8) is 0 Å². The average Bonchev–Trinajstić information content (AvgIpc) is 2.17. The summed E-state index contributed by atoms with van der Waals surface area (Å²) in [7, 11) is 0. The van der Waals surface area contributed by atoms with E-state index in [9.17, 15) is 19.2 Å². The summed E-state index contributed by atoms with van der Waals surface area (Å²) in [6.45, 7) is 0.213. The SMILES string of the molecule is O=C1NCNC(=O)N1.O=c1nc[nH]c(=O)[nH]1. The van der Waals surface area contributed by atoms with Crippen LogP contribution in [0.15, 0.2) is 15.9 Å². The summed E-state index contributed by atoms with van der Waals surface area (Å²) in [5.74, 6) is 0. The van der Waals surface area contributed by atoms with Crippen molar-refractivity contribution < 1.29 is 9.59 Å². The molecule has 0 radical (unpaired) electrons. The predicted octanol–water partition coefficient (Wildman–Crippen LogP) is -2.58. The zero-order valence-electron chi connectivity index (χ0n) is 7.86. The molecule has 0 bridgehead atoms. The highest BCUT2D eigenvalue weighted by Gasteiger charge is 2.10. The second kappa shape index (κ2) is 5.29. The van der Waals surface area contributed by atoms with Gasteiger partial charge >= 0.3 is 23.4 Å². The normalized spacial score (nSPS) is 13.8. The number of aromatic nitrogens is 3. The first-order valence-corrected chi connectivity index (χ1v) is 4.04. The number of H-pyrrole nitrogens is 2. The Labute approximate surface area is 87.5 Å². The molecule has 1 aromatic heterocycles. The van der Waals surface area contributed by atoms with E-state index in [1.807, 2.05) is 10.3 Å². The summed E-state index contributed by atoms with van der Waals surface area (Å²) in [4.78, 5) is 47.8. The smallest absolute Gasteiger partial charge is 0.320 e. The van der Waals surface area contributed by atoms with E-state index < -0.39 is 23.4 Å². The van der Waals surface area contributed by atoms with Crippen LogP contribution in [0.5, 0.6) is 0 Å². The maximum Gasteiger partial charge on any atom is 0.350 e. The highest BCUT2D eigenvalue weighted by Crippen LogP contribution is 1.70. The molecule has 0 saturated carbocycles. The molecule has 0 spiro atoms. The van der Waals surface area contributed by atoms with Crippen LogP contribution in [-0.4, -0.2) is 33.7 Å². The molecule has 2 rings (SSSR count). The molecule has 0 aromatic carbocycles. The van der Waals surface area contributed by atoms with Crippen molar-refractivity contribution in [1.29, 1.82) is 0 Å². The third-order valence-corrected chi connectivity index (χ3v) is 1.32. The predicted molar refractivity (Wildman–Crippen MR) is 50.5 cm³/mol. The minimum atomic E-state index is -0.631. The molecular formula is C6H8N6O4. The Morgan fingerprint density at radius 2 is 1.69 bits per heavy atom. The molecule has 10 nitrogen and oxygen atoms in total. The number of urea groups is 2. The van der Waals surface area contributed by atoms with Crippen molar-refractivity contribution >= 4 is 12.1 Å². The molecule has 1 aliphatic rings. The number of amides is 4. The van der Waals surface area contributed by atoms with Gasteiger partial charge in [-0.2, -0.15) is 4.98 Å². The third kappa shape index (κ3) is 4.04. The number of aromatic amines is 2. The van der Waals surface area contributed by atoms with Crippen molar-refractivity contribution in [2.75, 3.05) is 6.67 Å². The van der Waals surface area contributed by atoms with Gasteiger partial charge in [0, 0.05) is 0 Å². The number of nitrogens with zero attached hydrogens (tertiary/aromatic N) is 1. The number of nitrogens with one attached hydrogen (secondary N) is 5. The Morgan fingerprint density at radius 3 is 2.00 bits per heavy atom. The zero-order chi connectivity index (χ0) is 12.0. The first-order valence-electron chi connectivity index (χ1n) is 4.04. The number of hydrogen-bond acceptors (Lipinski definition) is 5. The van der Waals surface area contributed by atoms with E-state index in [0.29, 0.717) is 0 Å². The number of rotatable bonds is 0. The van der Waals surface area contributed by atoms with Gasteiger partial charge < -0.3 is 10.6 Å². The highest BCUT2D eigenvalue weighted by atomic mass is 16.2. The molecule has 0 atom stereocenters. The number of hydrogen-bond donors (Lipinski definition) is 5. The Morgan fingerprint density at radius 1 is 1.06 bits per heavy atom. The summed E-state index contributed by atoms with van der Waals surface area (Å²) in [5.41, 5.74) is -1.17. The second-order valence-corrected chi connectivity index (χ2v) is 2.48. The van der Waals surface area contributed by atoms with Gasteiger partial charge in [0.1, 0.15) is 6.33 Å². The van der Waals surface area contributed by atoms with Crippen LogP contribution in [0.4, 0.5) is 9.59 Å². The standard InChI is InChI=1S/C3H5N3O2.C3H3N3O2/c2*7-2-4-1-5-3(8)6-2/h1H2,(H3,4,5,6,7,8);1H,(H2,4,5,6,7,8). The van der Waals surface area contributed by atoms with Crippen LogP contribution in [-0.2, 0) is 0 Å². The highest BCUT2D eigenvalue weighted by molar-refractivity contribution is 5.95. The monoisotopic (exact) mass is 228 g/mol. The third-order valence-electron chi connectivity index (χ3n) is 1.32. The molecule has 86 valence electrons. The summed E-state index contributed by atoms with van der Waals surface area (Å²) in [6.07, 6.45) is 1.04. The molecule has 0 aliphatic carbocycles. The Kier molecular flexibility index (Phi) is 3.77. The van der Waals surface area contributed by atoms with E-state index >= 15 is 0 Å². The molecule has 5 N–H and O–H groups in total. The average molecular weight is 228 g/mol. The molecule has 1 fully saturated rings. The Bertz CT molecular complexity index is 451. The number of carbonyl (C=O) groups excluding carboxylic acids is 2. The van der Waals surface area contributed by atoms with E-state index in [2.05, 4.69) is 20.6 Å². The van der Waals surface area contributed by atoms with Crippen molar-refractivity contribution in [3.05, 3.63) is 27.3 Å². The Balaban J connectivity index is 0.000000160. The Hall–Kier alpha value is -2.65. The minimum absolute atomic E-state index is 0.213. The summed E-state index contributed by atoms with van der Waals surface area (Å²) in [6, 6.07) is -0.900. The fourth-order valence-corrected chi connectivity index (χ4v) is 0.711. The topological polar surface area (TPSA) is 149 Å².